The first kappa shape index (κ1) is 10.8. The van der Waals surface area contributed by atoms with Crippen LogP contribution in [0.2, 0.25) is 0 Å². The highest BCUT2D eigenvalue weighted by molar-refractivity contribution is 7.80. The van der Waals surface area contributed by atoms with Crippen molar-refractivity contribution in [2.45, 2.75) is 13.8 Å². The fourth-order valence-electron chi connectivity index (χ4n) is 0.563. The number of rotatable bonds is 1. The highest BCUT2D eigenvalue weighted by Gasteiger charge is 1.89. The molecule has 0 radical (unpaired) electrons. The van der Waals surface area contributed by atoms with E-state index in [1.165, 1.54) is 0 Å². The Kier molecular flexibility index (Phi) is 5.91. The van der Waals surface area contributed by atoms with Gasteiger partial charge in [0, 0.05) is 6.20 Å². The predicted octanol–water partition coefficient (Wildman–Crippen LogP) is 1.76. The highest BCUT2D eigenvalue weighted by Crippen LogP contribution is 1.97. The number of anilines is 1. The van der Waals surface area contributed by atoms with E-state index in [2.05, 4.69) is 22.5 Å². The zero-order chi connectivity index (χ0) is 9.40. The second kappa shape index (κ2) is 6.54. The van der Waals surface area contributed by atoms with Gasteiger partial charge < -0.3 is 11.1 Å². The summed E-state index contributed by atoms with van der Waals surface area (Å²) in [5, 5.41) is 2.94. The van der Waals surface area contributed by atoms with Gasteiger partial charge in [0.1, 0.15) is 5.82 Å². The van der Waals surface area contributed by atoms with E-state index < -0.39 is 0 Å². The normalized spacial score (nSPS) is 7.83. The molecule has 1 heterocycles. The fraction of sp³-hybridized carbons (Fsp3) is 0.250. The quantitative estimate of drug-likeness (QED) is 0.651. The van der Waals surface area contributed by atoms with Gasteiger partial charge in [-0.2, -0.15) is 0 Å². The average molecular weight is 183 g/mol. The Labute approximate surface area is 78.0 Å². The molecule has 0 bridgehead atoms. The van der Waals surface area contributed by atoms with Crippen molar-refractivity contribution in [1.29, 1.82) is 0 Å². The third-order valence-corrected chi connectivity index (χ3v) is 1.02. The maximum Gasteiger partial charge on any atom is 0.169 e. The maximum atomic E-state index is 5.20. The van der Waals surface area contributed by atoms with Crippen molar-refractivity contribution < 1.29 is 0 Å². The van der Waals surface area contributed by atoms with E-state index in [0.29, 0.717) is 5.82 Å². The van der Waals surface area contributed by atoms with Crippen molar-refractivity contribution in [2.75, 3.05) is 5.32 Å². The number of aromatic nitrogens is 1. The average Bonchev–Trinajstić information content (AvgIpc) is 2.08. The zero-order valence-corrected chi connectivity index (χ0v) is 8.06. The first-order valence-electron chi connectivity index (χ1n) is 3.76. The lowest BCUT2D eigenvalue weighted by atomic mass is 10.5. The van der Waals surface area contributed by atoms with Crippen molar-refractivity contribution in [3.63, 3.8) is 0 Å². The van der Waals surface area contributed by atoms with Crippen LogP contribution >= 0.6 is 12.2 Å². The summed E-state index contributed by atoms with van der Waals surface area (Å²) in [5.41, 5.74) is 5.20. The first-order valence-corrected chi connectivity index (χ1v) is 4.17. The molecule has 3 N–H and O–H groups in total. The number of thiocarbonyl (C=S) groups is 1. The summed E-state index contributed by atoms with van der Waals surface area (Å²) in [6, 6.07) is 5.47. The van der Waals surface area contributed by atoms with Crippen molar-refractivity contribution in [2.24, 2.45) is 5.73 Å². The molecule has 0 saturated heterocycles. The van der Waals surface area contributed by atoms with Gasteiger partial charge in [-0.15, -0.1) is 0 Å². The first-order chi connectivity index (χ1) is 5.79. The number of hydrogen-bond donors (Lipinski definition) is 2. The van der Waals surface area contributed by atoms with Crippen LogP contribution in [0.25, 0.3) is 0 Å². The molecule has 3 nitrogen and oxygen atoms in total. The molecule has 4 heteroatoms. The lowest BCUT2D eigenvalue weighted by Gasteiger charge is -1.99. The summed E-state index contributed by atoms with van der Waals surface area (Å²) in [6.45, 7) is 4.00. The Balaban J connectivity index is 0.000000561. The molecule has 0 aliphatic rings. The molecular weight excluding hydrogens is 170 g/mol. The molecule has 0 atom stereocenters. The molecule has 1 rings (SSSR count). The minimum Gasteiger partial charge on any atom is -0.376 e. The Morgan fingerprint density at radius 3 is 2.58 bits per heavy atom. The van der Waals surface area contributed by atoms with Crippen LogP contribution in [-0.4, -0.2) is 10.1 Å². The molecule has 0 unspecified atom stereocenters. The molecule has 0 saturated carbocycles. The van der Waals surface area contributed by atoms with Gasteiger partial charge >= 0.3 is 0 Å². The molecule has 1 aromatic rings. The lowest BCUT2D eigenvalue weighted by Crippen LogP contribution is -2.19. The van der Waals surface area contributed by atoms with Crippen molar-refractivity contribution in [1.82, 2.24) is 4.98 Å². The van der Waals surface area contributed by atoms with E-state index in [4.69, 9.17) is 5.73 Å². The van der Waals surface area contributed by atoms with E-state index >= 15 is 0 Å². The van der Waals surface area contributed by atoms with Crippen LogP contribution in [0.5, 0.6) is 0 Å². The standard InChI is InChI=1S/C6H7N3S.C2H6/c7-6(10)9-5-3-1-2-4-8-5;1-2/h1-4H,(H3,7,8,9,10);1-2H3. The molecular formula is C8H13N3S. The highest BCUT2D eigenvalue weighted by atomic mass is 32.1. The van der Waals surface area contributed by atoms with Crippen LogP contribution in [0.4, 0.5) is 5.82 Å². The summed E-state index contributed by atoms with van der Waals surface area (Å²) in [5.74, 6) is 0.676. The Bertz CT molecular complexity index is 223. The van der Waals surface area contributed by atoms with Gasteiger partial charge in [0.05, 0.1) is 0 Å². The molecule has 0 aliphatic heterocycles. The van der Waals surface area contributed by atoms with Crippen LogP contribution in [-0.2, 0) is 0 Å². The number of nitrogens with two attached hydrogens (primary N) is 1. The summed E-state index contributed by atoms with van der Waals surface area (Å²) in [7, 11) is 0. The topological polar surface area (TPSA) is 50.9 Å². The molecule has 0 spiro atoms. The van der Waals surface area contributed by atoms with Gasteiger partial charge in [0.2, 0.25) is 0 Å². The van der Waals surface area contributed by atoms with Crippen LogP contribution in [0.3, 0.4) is 0 Å². The van der Waals surface area contributed by atoms with E-state index in [1.54, 1.807) is 12.3 Å². The number of hydrogen-bond acceptors (Lipinski definition) is 2. The minimum absolute atomic E-state index is 0.235. The number of nitrogens with zero attached hydrogens (tertiary/aromatic N) is 1. The Hall–Kier alpha value is -1.16. The van der Waals surface area contributed by atoms with Gasteiger partial charge in [0.15, 0.2) is 5.11 Å². The Morgan fingerprint density at radius 1 is 1.50 bits per heavy atom. The van der Waals surface area contributed by atoms with E-state index in [9.17, 15) is 0 Å². The van der Waals surface area contributed by atoms with Crippen LogP contribution in [0.1, 0.15) is 13.8 Å². The summed E-state index contributed by atoms with van der Waals surface area (Å²) in [4.78, 5) is 3.94. The van der Waals surface area contributed by atoms with Crippen molar-refractivity contribution >= 4 is 23.1 Å². The molecule has 12 heavy (non-hydrogen) atoms. The van der Waals surface area contributed by atoms with Crippen LogP contribution in [0, 0.1) is 0 Å². The third-order valence-electron chi connectivity index (χ3n) is 0.916. The Morgan fingerprint density at radius 2 is 2.17 bits per heavy atom. The second-order valence-corrected chi connectivity index (χ2v) is 2.14. The number of nitrogens with one attached hydrogen (secondary N) is 1. The summed E-state index contributed by atoms with van der Waals surface area (Å²) in [6.07, 6.45) is 1.67. The van der Waals surface area contributed by atoms with Gasteiger partial charge in [-0.25, -0.2) is 4.98 Å². The molecule has 0 aliphatic carbocycles. The van der Waals surface area contributed by atoms with Crippen LogP contribution in [0.15, 0.2) is 24.4 Å². The molecule has 0 amide bonds. The minimum atomic E-state index is 0.235. The van der Waals surface area contributed by atoms with Gasteiger partial charge in [-0.1, -0.05) is 19.9 Å². The van der Waals surface area contributed by atoms with Crippen molar-refractivity contribution in [3.05, 3.63) is 24.4 Å². The monoisotopic (exact) mass is 183 g/mol. The maximum absolute atomic E-state index is 5.20. The largest absolute Gasteiger partial charge is 0.376 e. The van der Waals surface area contributed by atoms with E-state index in [-0.39, 0.29) is 5.11 Å². The smallest absolute Gasteiger partial charge is 0.169 e. The predicted molar refractivity (Wildman–Crippen MR) is 56.0 cm³/mol. The molecule has 1 aromatic heterocycles. The van der Waals surface area contributed by atoms with Crippen LogP contribution < -0.4 is 11.1 Å². The lowest BCUT2D eigenvalue weighted by molar-refractivity contribution is 1.32. The van der Waals surface area contributed by atoms with Gasteiger partial charge in [0.25, 0.3) is 0 Å². The summed E-state index contributed by atoms with van der Waals surface area (Å²) < 4.78 is 0. The third kappa shape index (κ3) is 4.62. The van der Waals surface area contributed by atoms with Crippen molar-refractivity contribution in [3.8, 4) is 0 Å². The molecule has 0 aromatic carbocycles. The van der Waals surface area contributed by atoms with Gasteiger partial charge in [-0.05, 0) is 24.4 Å². The zero-order valence-electron chi connectivity index (χ0n) is 7.24. The van der Waals surface area contributed by atoms with E-state index in [1.807, 2.05) is 26.0 Å². The van der Waals surface area contributed by atoms with Gasteiger partial charge in [-0.3, -0.25) is 0 Å². The fourth-order valence-corrected chi connectivity index (χ4v) is 0.667. The second-order valence-electron chi connectivity index (χ2n) is 1.70. The van der Waals surface area contributed by atoms with E-state index in [0.717, 1.165) is 0 Å². The molecule has 0 fully saturated rings. The molecule has 66 valence electrons. The summed E-state index contributed by atoms with van der Waals surface area (Å²) >= 11 is 4.60. The SMILES string of the molecule is CC.NC(=S)Nc1ccccn1. The number of pyridine rings is 1.